The van der Waals surface area contributed by atoms with Crippen LogP contribution in [0.15, 0.2) is 30.6 Å². The summed E-state index contributed by atoms with van der Waals surface area (Å²) < 4.78 is 37.4. The van der Waals surface area contributed by atoms with E-state index < -0.39 is 11.7 Å². The molecule has 0 unspecified atom stereocenters. The van der Waals surface area contributed by atoms with Crippen LogP contribution < -0.4 is 5.32 Å². The zero-order chi connectivity index (χ0) is 14.0. The monoisotopic (exact) mass is 307 g/mol. The van der Waals surface area contributed by atoms with E-state index >= 15 is 0 Å². The van der Waals surface area contributed by atoms with Gasteiger partial charge in [0.25, 0.3) is 0 Å². The minimum Gasteiger partial charge on any atom is -0.339 e. The standard InChI is InChI=1S/C11H6Cl2F3N3/c12-7-3-6(11(14,15)16)1-2-8(7)19-10-4-9(13)17-5-18-10/h1-5H,(H,17,18,19). The number of aromatic nitrogens is 2. The molecule has 1 N–H and O–H groups in total. The molecule has 0 amide bonds. The summed E-state index contributed by atoms with van der Waals surface area (Å²) in [5.41, 5.74) is -0.520. The minimum atomic E-state index is -4.43. The Morgan fingerprint density at radius 3 is 2.37 bits per heavy atom. The van der Waals surface area contributed by atoms with Crippen LogP contribution in [0, 0.1) is 0 Å². The summed E-state index contributed by atoms with van der Waals surface area (Å²) in [6, 6.07) is 4.42. The number of nitrogens with one attached hydrogen (secondary N) is 1. The van der Waals surface area contributed by atoms with E-state index in [4.69, 9.17) is 23.2 Å². The Morgan fingerprint density at radius 2 is 1.79 bits per heavy atom. The van der Waals surface area contributed by atoms with E-state index in [1.165, 1.54) is 18.5 Å². The van der Waals surface area contributed by atoms with Gasteiger partial charge in [-0.3, -0.25) is 0 Å². The molecule has 0 spiro atoms. The Balaban J connectivity index is 2.27. The van der Waals surface area contributed by atoms with Gasteiger partial charge in [0.05, 0.1) is 16.3 Å². The van der Waals surface area contributed by atoms with Crippen molar-refractivity contribution in [2.75, 3.05) is 5.32 Å². The van der Waals surface area contributed by atoms with Crippen LogP contribution in [0.3, 0.4) is 0 Å². The molecule has 1 aromatic heterocycles. The fourth-order valence-corrected chi connectivity index (χ4v) is 1.71. The van der Waals surface area contributed by atoms with Gasteiger partial charge >= 0.3 is 6.18 Å². The summed E-state index contributed by atoms with van der Waals surface area (Å²) in [5, 5.41) is 2.90. The SMILES string of the molecule is FC(F)(F)c1ccc(Nc2cc(Cl)ncn2)c(Cl)c1. The zero-order valence-electron chi connectivity index (χ0n) is 9.17. The van der Waals surface area contributed by atoms with E-state index in [2.05, 4.69) is 15.3 Å². The fraction of sp³-hybridized carbons (Fsp3) is 0.0909. The summed E-state index contributed by atoms with van der Waals surface area (Å²) in [5.74, 6) is 0.335. The quantitative estimate of drug-likeness (QED) is 0.827. The highest BCUT2D eigenvalue weighted by atomic mass is 35.5. The molecule has 0 atom stereocenters. The largest absolute Gasteiger partial charge is 0.416 e. The van der Waals surface area contributed by atoms with Gasteiger partial charge in [-0.2, -0.15) is 13.2 Å². The lowest BCUT2D eigenvalue weighted by Crippen LogP contribution is -2.05. The van der Waals surface area contributed by atoms with E-state index in [-0.39, 0.29) is 10.2 Å². The average molecular weight is 308 g/mol. The molecule has 0 radical (unpaired) electrons. The molecule has 100 valence electrons. The van der Waals surface area contributed by atoms with E-state index in [1.54, 1.807) is 0 Å². The molecule has 19 heavy (non-hydrogen) atoms. The molecule has 1 aromatic carbocycles. The molecule has 0 bridgehead atoms. The molecule has 2 rings (SSSR count). The van der Waals surface area contributed by atoms with Crippen molar-refractivity contribution in [2.45, 2.75) is 6.18 Å². The van der Waals surface area contributed by atoms with E-state index in [9.17, 15) is 13.2 Å². The maximum atomic E-state index is 12.5. The average Bonchev–Trinajstić information content (AvgIpc) is 2.30. The zero-order valence-corrected chi connectivity index (χ0v) is 10.7. The van der Waals surface area contributed by atoms with Crippen LogP contribution in [0.4, 0.5) is 24.7 Å². The number of halogens is 5. The van der Waals surface area contributed by atoms with Crippen molar-refractivity contribution in [3.8, 4) is 0 Å². The highest BCUT2D eigenvalue weighted by Crippen LogP contribution is 2.34. The predicted octanol–water partition coefficient (Wildman–Crippen LogP) is 4.55. The third-order valence-electron chi connectivity index (χ3n) is 2.19. The summed E-state index contributed by atoms with van der Waals surface area (Å²) in [7, 11) is 0. The molecule has 8 heteroatoms. The van der Waals surface area contributed by atoms with Crippen molar-refractivity contribution in [1.29, 1.82) is 0 Å². The molecule has 0 fully saturated rings. The molecular formula is C11H6Cl2F3N3. The maximum absolute atomic E-state index is 12.5. The van der Waals surface area contributed by atoms with E-state index in [0.29, 0.717) is 11.5 Å². The smallest absolute Gasteiger partial charge is 0.339 e. The van der Waals surface area contributed by atoms with E-state index in [0.717, 1.165) is 12.1 Å². The van der Waals surface area contributed by atoms with Gasteiger partial charge in [-0.05, 0) is 18.2 Å². The van der Waals surface area contributed by atoms with Crippen molar-refractivity contribution in [2.24, 2.45) is 0 Å². The van der Waals surface area contributed by atoms with E-state index in [1.807, 2.05) is 0 Å². The van der Waals surface area contributed by atoms with Gasteiger partial charge in [0, 0.05) is 6.07 Å². The molecule has 0 aliphatic carbocycles. The number of anilines is 2. The Bertz CT molecular complexity index is 602. The van der Waals surface area contributed by atoms with Gasteiger partial charge in [-0.25, -0.2) is 9.97 Å². The Kier molecular flexibility index (Phi) is 3.82. The van der Waals surface area contributed by atoms with Gasteiger partial charge in [-0.15, -0.1) is 0 Å². The van der Waals surface area contributed by atoms with Crippen LogP contribution in [0.2, 0.25) is 10.2 Å². The number of hydrogen-bond donors (Lipinski definition) is 1. The molecule has 0 aliphatic rings. The van der Waals surface area contributed by atoms with Crippen LogP contribution in [-0.4, -0.2) is 9.97 Å². The van der Waals surface area contributed by atoms with Crippen molar-refractivity contribution in [3.05, 3.63) is 46.3 Å². The third-order valence-corrected chi connectivity index (χ3v) is 2.71. The number of hydrogen-bond acceptors (Lipinski definition) is 3. The number of nitrogens with zero attached hydrogens (tertiary/aromatic N) is 2. The van der Waals surface area contributed by atoms with Crippen LogP contribution >= 0.6 is 23.2 Å². The highest BCUT2D eigenvalue weighted by Gasteiger charge is 2.30. The first-order chi connectivity index (χ1) is 8.86. The third kappa shape index (κ3) is 3.48. The molecule has 0 saturated heterocycles. The lowest BCUT2D eigenvalue weighted by atomic mass is 10.2. The fourth-order valence-electron chi connectivity index (χ4n) is 1.33. The molecule has 0 saturated carbocycles. The van der Waals surface area contributed by atoms with Gasteiger partial charge in [0.1, 0.15) is 17.3 Å². The topological polar surface area (TPSA) is 37.8 Å². The second-order valence-corrected chi connectivity index (χ2v) is 4.34. The Labute approximate surface area is 116 Å². The first-order valence-electron chi connectivity index (χ1n) is 4.97. The second kappa shape index (κ2) is 5.22. The summed E-state index contributed by atoms with van der Waals surface area (Å²) >= 11 is 11.4. The van der Waals surface area contributed by atoms with Crippen molar-refractivity contribution < 1.29 is 13.2 Å². The van der Waals surface area contributed by atoms with Crippen molar-refractivity contribution in [3.63, 3.8) is 0 Å². The van der Waals surface area contributed by atoms with Gasteiger partial charge < -0.3 is 5.32 Å². The lowest BCUT2D eigenvalue weighted by Gasteiger charge is -2.11. The maximum Gasteiger partial charge on any atom is 0.416 e. The first kappa shape index (κ1) is 13.9. The minimum absolute atomic E-state index is 0.0652. The molecule has 0 aliphatic heterocycles. The lowest BCUT2D eigenvalue weighted by molar-refractivity contribution is -0.137. The first-order valence-corrected chi connectivity index (χ1v) is 5.73. The van der Waals surface area contributed by atoms with Crippen molar-refractivity contribution >= 4 is 34.7 Å². The van der Waals surface area contributed by atoms with Gasteiger partial charge in [0.15, 0.2) is 0 Å². The highest BCUT2D eigenvalue weighted by molar-refractivity contribution is 6.33. The normalized spacial score (nSPS) is 11.4. The number of rotatable bonds is 2. The predicted molar refractivity (Wildman–Crippen MR) is 66.8 cm³/mol. The molecule has 2 aromatic rings. The summed E-state index contributed by atoms with van der Waals surface area (Å²) in [6.07, 6.45) is -3.21. The van der Waals surface area contributed by atoms with Crippen LogP contribution in [-0.2, 0) is 6.18 Å². The summed E-state index contributed by atoms with van der Waals surface area (Å²) in [6.45, 7) is 0. The molecule has 1 heterocycles. The Hall–Kier alpha value is -1.53. The van der Waals surface area contributed by atoms with Crippen LogP contribution in [0.1, 0.15) is 5.56 Å². The van der Waals surface area contributed by atoms with Crippen LogP contribution in [0.5, 0.6) is 0 Å². The second-order valence-electron chi connectivity index (χ2n) is 3.54. The number of alkyl halides is 3. The molecular weight excluding hydrogens is 302 g/mol. The number of benzene rings is 1. The van der Waals surface area contributed by atoms with Crippen LogP contribution in [0.25, 0.3) is 0 Å². The Morgan fingerprint density at radius 1 is 1.05 bits per heavy atom. The summed E-state index contributed by atoms with van der Waals surface area (Å²) in [4.78, 5) is 7.54. The van der Waals surface area contributed by atoms with Gasteiger partial charge in [0.2, 0.25) is 0 Å². The van der Waals surface area contributed by atoms with Crippen molar-refractivity contribution in [1.82, 2.24) is 9.97 Å². The van der Waals surface area contributed by atoms with Gasteiger partial charge in [-0.1, -0.05) is 23.2 Å². The molecule has 3 nitrogen and oxygen atoms in total.